The van der Waals surface area contributed by atoms with Gasteiger partial charge in [0.05, 0.1) is 24.9 Å². The fraction of sp³-hybridized carbons (Fsp3) is 0.618. The molecule has 3 fully saturated rings. The van der Waals surface area contributed by atoms with E-state index < -0.39 is 6.29 Å². The molecule has 2 saturated heterocycles. The van der Waals surface area contributed by atoms with Crippen molar-refractivity contribution in [3.63, 3.8) is 0 Å². The van der Waals surface area contributed by atoms with Crippen molar-refractivity contribution < 1.29 is 19.4 Å². The smallest absolute Gasteiger partial charge is 0.237 e. The van der Waals surface area contributed by atoms with E-state index in [1.807, 2.05) is 36.4 Å². The number of carbonyl (C=O) groups excluding carboxylic acids is 1. The predicted molar refractivity (Wildman–Crippen MR) is 161 cm³/mol. The number of nitrogens with zero attached hydrogens (tertiary/aromatic N) is 1. The molecule has 2 aromatic carbocycles. The summed E-state index contributed by atoms with van der Waals surface area (Å²) in [6.07, 6.45) is 6.04. The van der Waals surface area contributed by atoms with Crippen molar-refractivity contribution in [3.8, 4) is 0 Å². The van der Waals surface area contributed by atoms with E-state index in [9.17, 15) is 9.90 Å². The molecule has 0 radical (unpaired) electrons. The molecule has 224 valence electrons. The standard InChI is InChI=1S/C34H49N3O4/c1-22-30(20-37-28-8-6-5-7-25(28)17-18-29(37)32(39)36-34(2,3)4)40-33(27-15-9-23(19-35)10-16-27)41-31(22)26-13-11-24(21-38)12-14-26/h9-16,22,25,28-31,33,38H,5-8,17-21,35H2,1-4H3,(H,36,39)/t22-,25-,28-,29-,30+,31+,33+/m1/s1. The van der Waals surface area contributed by atoms with Crippen LogP contribution < -0.4 is 11.1 Å². The maximum Gasteiger partial charge on any atom is 0.237 e. The van der Waals surface area contributed by atoms with Crippen molar-refractivity contribution >= 4 is 5.91 Å². The molecule has 2 heterocycles. The van der Waals surface area contributed by atoms with Crippen LogP contribution in [-0.2, 0) is 27.4 Å². The van der Waals surface area contributed by atoms with Gasteiger partial charge in [-0.05, 0) is 69.1 Å². The second-order valence-electron chi connectivity index (χ2n) is 13.4. The van der Waals surface area contributed by atoms with E-state index in [0.29, 0.717) is 25.0 Å². The Morgan fingerprint density at radius 3 is 2.27 bits per heavy atom. The number of fused-ring (bicyclic) bond motifs is 1. The molecule has 1 aliphatic carbocycles. The monoisotopic (exact) mass is 563 g/mol. The van der Waals surface area contributed by atoms with Crippen LogP contribution in [0.15, 0.2) is 48.5 Å². The van der Waals surface area contributed by atoms with E-state index >= 15 is 0 Å². The zero-order valence-electron chi connectivity index (χ0n) is 25.2. The lowest BCUT2D eigenvalue weighted by Crippen LogP contribution is -2.61. The Labute approximate surface area is 245 Å². The average Bonchev–Trinajstić information content (AvgIpc) is 2.97. The zero-order valence-corrected chi connectivity index (χ0v) is 25.2. The van der Waals surface area contributed by atoms with Crippen LogP contribution in [0.25, 0.3) is 0 Å². The van der Waals surface area contributed by atoms with E-state index in [0.717, 1.165) is 41.5 Å². The Morgan fingerprint density at radius 1 is 0.951 bits per heavy atom. The second kappa shape index (κ2) is 12.9. The summed E-state index contributed by atoms with van der Waals surface area (Å²) in [6.45, 7) is 9.56. The molecule has 2 aliphatic heterocycles. The molecule has 0 aromatic heterocycles. The number of carbonyl (C=O) groups is 1. The third-order valence-electron chi connectivity index (χ3n) is 9.31. The minimum absolute atomic E-state index is 0.0126. The molecular formula is C34H49N3O4. The first kappa shape index (κ1) is 30.2. The number of aliphatic hydroxyl groups is 1. The third kappa shape index (κ3) is 7.03. The van der Waals surface area contributed by atoms with Crippen LogP contribution in [0.5, 0.6) is 0 Å². The Bertz CT molecular complexity index is 1150. The lowest BCUT2D eigenvalue weighted by atomic mass is 9.75. The highest BCUT2D eigenvalue weighted by atomic mass is 16.7. The van der Waals surface area contributed by atoms with Crippen LogP contribution in [0.1, 0.15) is 101 Å². The summed E-state index contributed by atoms with van der Waals surface area (Å²) in [5, 5.41) is 12.9. The van der Waals surface area contributed by atoms with Crippen LogP contribution in [0.4, 0.5) is 0 Å². The molecule has 3 aliphatic rings. The predicted octanol–water partition coefficient (Wildman–Crippen LogP) is 5.37. The number of hydrogen-bond donors (Lipinski definition) is 3. The van der Waals surface area contributed by atoms with E-state index in [-0.39, 0.29) is 42.2 Å². The molecule has 2 aromatic rings. The summed E-state index contributed by atoms with van der Waals surface area (Å²) in [5.41, 5.74) is 9.56. The number of nitrogens with one attached hydrogen (secondary N) is 1. The fourth-order valence-electron chi connectivity index (χ4n) is 7.07. The van der Waals surface area contributed by atoms with Crippen LogP contribution in [0, 0.1) is 11.8 Å². The third-order valence-corrected chi connectivity index (χ3v) is 9.31. The van der Waals surface area contributed by atoms with Crippen LogP contribution in [0.2, 0.25) is 0 Å². The van der Waals surface area contributed by atoms with Crippen LogP contribution in [-0.4, -0.2) is 46.2 Å². The number of benzene rings is 2. The highest BCUT2D eigenvalue weighted by Gasteiger charge is 2.46. The van der Waals surface area contributed by atoms with Crippen molar-refractivity contribution in [1.29, 1.82) is 0 Å². The molecular weight excluding hydrogens is 514 g/mol. The van der Waals surface area contributed by atoms with Gasteiger partial charge in [0, 0.05) is 36.2 Å². The normalized spacial score (nSPS) is 30.9. The quantitative estimate of drug-likeness (QED) is 0.419. The topological polar surface area (TPSA) is 97.1 Å². The van der Waals surface area contributed by atoms with Gasteiger partial charge in [-0.1, -0.05) is 68.3 Å². The molecule has 41 heavy (non-hydrogen) atoms. The maximum atomic E-state index is 13.7. The van der Waals surface area contributed by atoms with Gasteiger partial charge in [-0.2, -0.15) is 0 Å². The van der Waals surface area contributed by atoms with Gasteiger partial charge in [-0.25, -0.2) is 0 Å². The summed E-state index contributed by atoms with van der Waals surface area (Å²) in [4.78, 5) is 16.2. The summed E-state index contributed by atoms with van der Waals surface area (Å²) >= 11 is 0. The minimum Gasteiger partial charge on any atom is -0.392 e. The van der Waals surface area contributed by atoms with E-state index in [1.54, 1.807) is 0 Å². The Morgan fingerprint density at radius 2 is 1.61 bits per heavy atom. The number of likely N-dealkylation sites (tertiary alicyclic amines) is 1. The van der Waals surface area contributed by atoms with Gasteiger partial charge < -0.3 is 25.6 Å². The zero-order chi connectivity index (χ0) is 29.1. The highest BCUT2D eigenvalue weighted by Crippen LogP contribution is 2.44. The second-order valence-corrected chi connectivity index (χ2v) is 13.4. The van der Waals surface area contributed by atoms with Gasteiger partial charge in [-0.3, -0.25) is 9.69 Å². The maximum absolute atomic E-state index is 13.7. The van der Waals surface area contributed by atoms with Gasteiger partial charge in [0.25, 0.3) is 0 Å². The SMILES string of the molecule is C[C@@H]1[C@H](CN2[C@@H](C(=O)NC(C)(C)C)CC[C@H]3CCCC[C@H]32)O[C@H](c2ccc(CN)cc2)O[C@@H]1c1ccc(CO)cc1. The number of piperidine rings is 1. The molecule has 7 atom stereocenters. The number of rotatable bonds is 7. The van der Waals surface area contributed by atoms with Gasteiger partial charge in [0.1, 0.15) is 0 Å². The molecule has 1 amide bonds. The van der Waals surface area contributed by atoms with Gasteiger partial charge in [-0.15, -0.1) is 0 Å². The van der Waals surface area contributed by atoms with E-state index in [1.165, 1.54) is 19.3 Å². The Kier molecular flexibility index (Phi) is 9.51. The average molecular weight is 564 g/mol. The molecule has 0 bridgehead atoms. The fourth-order valence-corrected chi connectivity index (χ4v) is 7.07. The first-order chi connectivity index (χ1) is 19.7. The van der Waals surface area contributed by atoms with Crippen molar-refractivity contribution in [1.82, 2.24) is 10.2 Å². The number of aliphatic hydroxyl groups excluding tert-OH is 1. The Balaban J connectivity index is 1.46. The first-order valence-electron chi connectivity index (χ1n) is 15.5. The lowest BCUT2D eigenvalue weighted by Gasteiger charge is -2.51. The van der Waals surface area contributed by atoms with Crippen molar-refractivity contribution in [2.75, 3.05) is 6.54 Å². The first-order valence-corrected chi connectivity index (χ1v) is 15.5. The van der Waals surface area contributed by atoms with Gasteiger partial charge in [0.15, 0.2) is 6.29 Å². The molecule has 5 rings (SSSR count). The molecule has 0 spiro atoms. The summed E-state index contributed by atoms with van der Waals surface area (Å²) in [7, 11) is 0. The highest BCUT2D eigenvalue weighted by molar-refractivity contribution is 5.82. The summed E-state index contributed by atoms with van der Waals surface area (Å²) < 4.78 is 13.5. The largest absolute Gasteiger partial charge is 0.392 e. The number of amides is 1. The summed E-state index contributed by atoms with van der Waals surface area (Å²) in [6, 6.07) is 16.4. The number of nitrogens with two attached hydrogens (primary N) is 1. The van der Waals surface area contributed by atoms with E-state index in [2.05, 4.69) is 50.0 Å². The van der Waals surface area contributed by atoms with Crippen molar-refractivity contribution in [3.05, 3.63) is 70.8 Å². The lowest BCUT2D eigenvalue weighted by molar-refractivity contribution is -0.278. The number of hydrogen-bond acceptors (Lipinski definition) is 6. The number of ether oxygens (including phenoxy) is 2. The molecule has 4 N–H and O–H groups in total. The van der Waals surface area contributed by atoms with Gasteiger partial charge in [0.2, 0.25) is 5.91 Å². The van der Waals surface area contributed by atoms with Gasteiger partial charge >= 0.3 is 0 Å². The Hall–Kier alpha value is -2.29. The molecule has 0 unspecified atom stereocenters. The van der Waals surface area contributed by atoms with Crippen LogP contribution in [0.3, 0.4) is 0 Å². The van der Waals surface area contributed by atoms with E-state index in [4.69, 9.17) is 15.2 Å². The van der Waals surface area contributed by atoms with Crippen LogP contribution >= 0.6 is 0 Å². The minimum atomic E-state index is -0.528. The molecule has 7 nitrogen and oxygen atoms in total. The van der Waals surface area contributed by atoms with Crippen molar-refractivity contribution in [2.45, 2.75) is 115 Å². The molecule has 7 heteroatoms. The summed E-state index contributed by atoms with van der Waals surface area (Å²) in [5.74, 6) is 0.829. The van der Waals surface area contributed by atoms with Crippen molar-refractivity contribution in [2.24, 2.45) is 17.6 Å². The molecule has 1 saturated carbocycles.